The molecule has 1 aromatic rings. The Hall–Kier alpha value is -1.78. The van der Waals surface area contributed by atoms with Crippen LogP contribution in [0.2, 0.25) is 0 Å². The largest absolute Gasteiger partial charge is 0.466 e. The minimum Gasteiger partial charge on any atom is -0.466 e. The van der Waals surface area contributed by atoms with E-state index in [1.165, 1.54) is 0 Å². The second-order valence-corrected chi connectivity index (χ2v) is 3.36. The summed E-state index contributed by atoms with van der Waals surface area (Å²) >= 11 is 0. The first-order valence-electron chi connectivity index (χ1n) is 5.22. The molecule has 1 rings (SSSR count). The van der Waals surface area contributed by atoms with E-state index in [0.29, 0.717) is 18.7 Å². The average molecular weight is 224 g/mol. The van der Waals surface area contributed by atoms with Crippen molar-refractivity contribution in [2.24, 2.45) is 0 Å². The van der Waals surface area contributed by atoms with Crippen molar-refractivity contribution in [3.8, 4) is 0 Å². The summed E-state index contributed by atoms with van der Waals surface area (Å²) in [5.74, 6) is -0.475. The van der Waals surface area contributed by atoms with Crippen molar-refractivity contribution >= 4 is 11.9 Å². The third-order valence-electron chi connectivity index (χ3n) is 2.12. The number of hydrogen-bond donors (Lipinski definition) is 2. The zero-order valence-corrected chi connectivity index (χ0v) is 9.50. The molecule has 0 radical (unpaired) electrons. The van der Waals surface area contributed by atoms with Crippen LogP contribution in [0.5, 0.6) is 0 Å². The van der Waals surface area contributed by atoms with Gasteiger partial charge in [0.25, 0.3) is 5.91 Å². The molecule has 0 bridgehead atoms. The summed E-state index contributed by atoms with van der Waals surface area (Å²) < 4.78 is 4.74. The van der Waals surface area contributed by atoms with Gasteiger partial charge in [0.15, 0.2) is 0 Å². The molecule has 0 saturated heterocycles. The van der Waals surface area contributed by atoms with Crippen LogP contribution in [0, 0.1) is 6.92 Å². The number of carbonyl (C=O) groups excluding carboxylic acids is 2. The standard InChI is InChI=1S/C11H16N2O3/c1-3-16-10(14)4-5-13-11(15)9-7-12-6-8(9)2/h6-7,12H,3-5H2,1-2H3,(H,13,15). The molecule has 1 aromatic heterocycles. The van der Waals surface area contributed by atoms with Crippen LogP contribution >= 0.6 is 0 Å². The van der Waals surface area contributed by atoms with E-state index >= 15 is 0 Å². The number of aryl methyl sites for hydroxylation is 1. The van der Waals surface area contributed by atoms with Crippen molar-refractivity contribution in [1.29, 1.82) is 0 Å². The highest BCUT2D eigenvalue weighted by atomic mass is 16.5. The molecular weight excluding hydrogens is 208 g/mol. The van der Waals surface area contributed by atoms with Gasteiger partial charge in [-0.1, -0.05) is 0 Å². The molecule has 5 heteroatoms. The van der Waals surface area contributed by atoms with E-state index in [9.17, 15) is 9.59 Å². The lowest BCUT2D eigenvalue weighted by molar-refractivity contribution is -0.142. The third kappa shape index (κ3) is 3.42. The minimum absolute atomic E-state index is 0.178. The van der Waals surface area contributed by atoms with E-state index in [1.807, 2.05) is 6.92 Å². The van der Waals surface area contributed by atoms with Gasteiger partial charge in [-0.2, -0.15) is 0 Å². The first-order chi connectivity index (χ1) is 7.65. The molecule has 1 heterocycles. The predicted molar refractivity (Wildman–Crippen MR) is 59.1 cm³/mol. The highest BCUT2D eigenvalue weighted by Crippen LogP contribution is 2.04. The Kier molecular flexibility index (Phi) is 4.57. The molecule has 0 fully saturated rings. The summed E-state index contributed by atoms with van der Waals surface area (Å²) in [7, 11) is 0. The van der Waals surface area contributed by atoms with Crippen molar-refractivity contribution in [2.45, 2.75) is 20.3 Å². The molecule has 0 aliphatic rings. The number of rotatable bonds is 5. The van der Waals surface area contributed by atoms with Crippen molar-refractivity contribution in [3.63, 3.8) is 0 Å². The van der Waals surface area contributed by atoms with E-state index in [0.717, 1.165) is 5.56 Å². The number of amides is 1. The zero-order valence-electron chi connectivity index (χ0n) is 9.50. The van der Waals surface area contributed by atoms with Crippen LogP contribution in [-0.2, 0) is 9.53 Å². The molecule has 0 atom stereocenters. The van der Waals surface area contributed by atoms with Gasteiger partial charge in [0.05, 0.1) is 18.6 Å². The molecule has 0 aliphatic carbocycles. The number of carbonyl (C=O) groups is 2. The highest BCUT2D eigenvalue weighted by molar-refractivity contribution is 5.95. The molecular formula is C11H16N2O3. The maximum Gasteiger partial charge on any atom is 0.307 e. The maximum absolute atomic E-state index is 11.6. The van der Waals surface area contributed by atoms with Crippen molar-refractivity contribution in [2.75, 3.05) is 13.2 Å². The van der Waals surface area contributed by atoms with Gasteiger partial charge in [0, 0.05) is 18.9 Å². The van der Waals surface area contributed by atoms with E-state index < -0.39 is 0 Å². The molecule has 2 N–H and O–H groups in total. The van der Waals surface area contributed by atoms with Crippen LogP contribution in [0.3, 0.4) is 0 Å². The summed E-state index contributed by atoms with van der Waals surface area (Å²) in [5, 5.41) is 2.66. The van der Waals surface area contributed by atoms with Crippen LogP contribution < -0.4 is 5.32 Å². The lowest BCUT2D eigenvalue weighted by atomic mass is 10.2. The fraction of sp³-hybridized carbons (Fsp3) is 0.455. The Morgan fingerprint density at radius 3 is 2.75 bits per heavy atom. The normalized spacial score (nSPS) is 9.88. The Bertz CT molecular complexity index is 371. The first kappa shape index (κ1) is 12.3. The van der Waals surface area contributed by atoms with Crippen molar-refractivity contribution in [1.82, 2.24) is 10.3 Å². The van der Waals surface area contributed by atoms with Crippen LogP contribution in [0.4, 0.5) is 0 Å². The number of hydrogen-bond acceptors (Lipinski definition) is 3. The van der Waals surface area contributed by atoms with E-state index in [-0.39, 0.29) is 18.3 Å². The van der Waals surface area contributed by atoms with Crippen LogP contribution in [-0.4, -0.2) is 30.0 Å². The van der Waals surface area contributed by atoms with E-state index in [4.69, 9.17) is 4.74 Å². The fourth-order valence-corrected chi connectivity index (χ4v) is 1.29. The third-order valence-corrected chi connectivity index (χ3v) is 2.12. The van der Waals surface area contributed by atoms with Crippen LogP contribution in [0.1, 0.15) is 29.3 Å². The molecule has 1 amide bonds. The van der Waals surface area contributed by atoms with Gasteiger partial charge < -0.3 is 15.0 Å². The highest BCUT2D eigenvalue weighted by Gasteiger charge is 2.09. The number of aromatic nitrogens is 1. The minimum atomic E-state index is -0.298. The molecule has 0 spiro atoms. The summed E-state index contributed by atoms with van der Waals surface area (Å²) in [6.07, 6.45) is 3.58. The maximum atomic E-state index is 11.6. The topological polar surface area (TPSA) is 71.2 Å². The SMILES string of the molecule is CCOC(=O)CCNC(=O)c1c[nH]cc1C. The van der Waals surface area contributed by atoms with Crippen molar-refractivity contribution < 1.29 is 14.3 Å². The molecule has 5 nitrogen and oxygen atoms in total. The number of aromatic amines is 1. The van der Waals surface area contributed by atoms with Gasteiger partial charge in [-0.3, -0.25) is 9.59 Å². The summed E-state index contributed by atoms with van der Waals surface area (Å²) in [4.78, 5) is 25.4. The Morgan fingerprint density at radius 1 is 1.44 bits per heavy atom. The van der Waals surface area contributed by atoms with Crippen LogP contribution in [0.25, 0.3) is 0 Å². The molecule has 88 valence electrons. The Morgan fingerprint density at radius 2 is 2.19 bits per heavy atom. The predicted octanol–water partition coefficient (Wildman–Crippen LogP) is 1.01. The monoisotopic (exact) mass is 224 g/mol. The van der Waals surface area contributed by atoms with Gasteiger partial charge in [-0.05, 0) is 19.4 Å². The molecule has 0 unspecified atom stereocenters. The van der Waals surface area contributed by atoms with Gasteiger partial charge in [-0.15, -0.1) is 0 Å². The molecule has 16 heavy (non-hydrogen) atoms. The fourth-order valence-electron chi connectivity index (χ4n) is 1.29. The smallest absolute Gasteiger partial charge is 0.307 e. The summed E-state index contributed by atoms with van der Waals surface area (Å²) in [6.45, 7) is 4.25. The lowest BCUT2D eigenvalue weighted by Crippen LogP contribution is -2.26. The number of esters is 1. The van der Waals surface area contributed by atoms with Gasteiger partial charge in [0.2, 0.25) is 0 Å². The zero-order chi connectivity index (χ0) is 12.0. The Balaban J connectivity index is 2.31. The molecule has 0 aliphatic heterocycles. The quantitative estimate of drug-likeness (QED) is 0.733. The first-order valence-corrected chi connectivity index (χ1v) is 5.22. The number of H-pyrrole nitrogens is 1. The Labute approximate surface area is 94.2 Å². The van der Waals surface area contributed by atoms with Crippen LogP contribution in [0.15, 0.2) is 12.4 Å². The molecule has 0 saturated carbocycles. The van der Waals surface area contributed by atoms with E-state index in [2.05, 4.69) is 10.3 Å². The number of ether oxygens (including phenoxy) is 1. The van der Waals surface area contributed by atoms with E-state index in [1.54, 1.807) is 19.3 Å². The second-order valence-electron chi connectivity index (χ2n) is 3.36. The average Bonchev–Trinajstić information content (AvgIpc) is 2.64. The van der Waals surface area contributed by atoms with Crippen molar-refractivity contribution in [3.05, 3.63) is 23.5 Å². The number of nitrogens with one attached hydrogen (secondary N) is 2. The molecule has 0 aromatic carbocycles. The lowest BCUT2D eigenvalue weighted by Gasteiger charge is -2.04. The summed E-state index contributed by atoms with van der Waals surface area (Å²) in [6, 6.07) is 0. The van der Waals surface area contributed by atoms with Gasteiger partial charge in [-0.25, -0.2) is 0 Å². The van der Waals surface area contributed by atoms with Gasteiger partial charge >= 0.3 is 5.97 Å². The summed E-state index contributed by atoms with van der Waals surface area (Å²) in [5.41, 5.74) is 1.48. The van der Waals surface area contributed by atoms with Gasteiger partial charge in [0.1, 0.15) is 0 Å². The second kappa shape index (κ2) is 5.95.